The Kier molecular flexibility index (Phi) is 4.72. The molecule has 1 aromatic carbocycles. The average Bonchev–Trinajstić information content (AvgIpc) is 3.16. The van der Waals surface area contributed by atoms with E-state index in [1.54, 1.807) is 6.07 Å². The summed E-state index contributed by atoms with van der Waals surface area (Å²) in [6.07, 6.45) is 2.51. The van der Waals surface area contributed by atoms with Crippen LogP contribution < -0.4 is 5.32 Å². The van der Waals surface area contributed by atoms with Gasteiger partial charge in [0, 0.05) is 13.2 Å². The van der Waals surface area contributed by atoms with E-state index in [0.29, 0.717) is 18.7 Å². The summed E-state index contributed by atoms with van der Waals surface area (Å²) < 4.78 is 18.8. The second-order valence-corrected chi connectivity index (χ2v) is 5.17. The minimum atomic E-state index is -0.437. The molecule has 1 aromatic rings. The molecule has 1 fully saturated rings. The first-order valence-corrected chi connectivity index (χ1v) is 6.77. The van der Waals surface area contributed by atoms with E-state index < -0.39 is 5.82 Å². The van der Waals surface area contributed by atoms with Crippen molar-refractivity contribution in [2.45, 2.75) is 12.8 Å². The van der Waals surface area contributed by atoms with E-state index in [1.807, 2.05) is 0 Å². The van der Waals surface area contributed by atoms with Crippen LogP contribution in [0.15, 0.2) is 22.7 Å². The summed E-state index contributed by atoms with van der Waals surface area (Å²) in [6.45, 7) is 1.71. The van der Waals surface area contributed by atoms with Crippen molar-refractivity contribution >= 4 is 21.8 Å². The van der Waals surface area contributed by atoms with Crippen LogP contribution in [0.5, 0.6) is 0 Å². The maximum absolute atomic E-state index is 13.2. The first-order chi connectivity index (χ1) is 8.68. The standard InChI is InChI=1S/C13H15BrFNO2/c14-12-10(2-1-3-11(12)15)13(17)16-6-7-18-8-9-4-5-9/h1-3,9H,4-8H2,(H,16,17). The molecule has 0 aromatic heterocycles. The van der Waals surface area contributed by atoms with Crippen molar-refractivity contribution < 1.29 is 13.9 Å². The number of ether oxygens (including phenoxy) is 1. The lowest BCUT2D eigenvalue weighted by molar-refractivity contribution is 0.0905. The van der Waals surface area contributed by atoms with Gasteiger partial charge in [0.2, 0.25) is 0 Å². The van der Waals surface area contributed by atoms with Gasteiger partial charge in [-0.05, 0) is 46.8 Å². The topological polar surface area (TPSA) is 38.3 Å². The Morgan fingerprint density at radius 2 is 2.28 bits per heavy atom. The fourth-order valence-electron chi connectivity index (χ4n) is 1.55. The van der Waals surface area contributed by atoms with Crippen LogP contribution in [-0.2, 0) is 4.74 Å². The molecular weight excluding hydrogens is 301 g/mol. The number of benzene rings is 1. The SMILES string of the molecule is O=C(NCCOCC1CC1)c1cccc(F)c1Br. The third kappa shape index (κ3) is 3.78. The summed E-state index contributed by atoms with van der Waals surface area (Å²) in [5, 5.41) is 2.70. The fraction of sp³-hybridized carbons (Fsp3) is 0.462. The Morgan fingerprint density at radius 1 is 1.50 bits per heavy atom. The predicted octanol–water partition coefficient (Wildman–Crippen LogP) is 2.74. The summed E-state index contributed by atoms with van der Waals surface area (Å²) in [5.41, 5.74) is 0.303. The lowest BCUT2D eigenvalue weighted by atomic mass is 10.2. The van der Waals surface area contributed by atoms with Crippen LogP contribution in [0.3, 0.4) is 0 Å². The van der Waals surface area contributed by atoms with Crippen molar-refractivity contribution in [2.75, 3.05) is 19.8 Å². The number of carbonyl (C=O) groups excluding carboxylic acids is 1. The molecule has 1 amide bonds. The van der Waals surface area contributed by atoms with E-state index in [2.05, 4.69) is 21.2 Å². The van der Waals surface area contributed by atoms with Crippen molar-refractivity contribution in [3.63, 3.8) is 0 Å². The third-order valence-corrected chi connectivity index (χ3v) is 3.58. The summed E-state index contributed by atoms with van der Waals surface area (Å²) in [4.78, 5) is 11.8. The van der Waals surface area contributed by atoms with Crippen molar-refractivity contribution in [3.05, 3.63) is 34.1 Å². The zero-order valence-electron chi connectivity index (χ0n) is 9.92. The quantitative estimate of drug-likeness (QED) is 0.820. The molecule has 0 saturated heterocycles. The lowest BCUT2D eigenvalue weighted by Crippen LogP contribution is -2.27. The Labute approximate surface area is 114 Å². The molecule has 0 radical (unpaired) electrons. The molecule has 18 heavy (non-hydrogen) atoms. The lowest BCUT2D eigenvalue weighted by Gasteiger charge is -2.07. The first-order valence-electron chi connectivity index (χ1n) is 5.98. The van der Waals surface area contributed by atoms with Crippen molar-refractivity contribution in [1.82, 2.24) is 5.32 Å². The van der Waals surface area contributed by atoms with Crippen LogP contribution in [0.25, 0.3) is 0 Å². The second-order valence-electron chi connectivity index (χ2n) is 4.38. The molecule has 1 aliphatic rings. The molecule has 0 heterocycles. The molecule has 5 heteroatoms. The smallest absolute Gasteiger partial charge is 0.252 e. The van der Waals surface area contributed by atoms with E-state index in [4.69, 9.17) is 4.74 Å². The van der Waals surface area contributed by atoms with E-state index in [9.17, 15) is 9.18 Å². The molecular formula is C13H15BrFNO2. The van der Waals surface area contributed by atoms with Gasteiger partial charge in [0.1, 0.15) is 5.82 Å². The number of amides is 1. The van der Waals surface area contributed by atoms with Gasteiger partial charge in [-0.25, -0.2) is 4.39 Å². The number of hydrogen-bond donors (Lipinski definition) is 1. The van der Waals surface area contributed by atoms with E-state index in [0.717, 1.165) is 12.5 Å². The summed E-state index contributed by atoms with van der Waals surface area (Å²) >= 11 is 3.06. The van der Waals surface area contributed by atoms with Crippen LogP contribution in [0.1, 0.15) is 23.2 Å². The molecule has 0 unspecified atom stereocenters. The largest absolute Gasteiger partial charge is 0.379 e. The highest BCUT2D eigenvalue weighted by molar-refractivity contribution is 9.10. The fourth-order valence-corrected chi connectivity index (χ4v) is 1.99. The molecule has 2 rings (SSSR count). The number of hydrogen-bond acceptors (Lipinski definition) is 2. The van der Waals surface area contributed by atoms with Crippen LogP contribution in [-0.4, -0.2) is 25.7 Å². The van der Waals surface area contributed by atoms with Gasteiger partial charge in [-0.15, -0.1) is 0 Å². The van der Waals surface area contributed by atoms with Crippen LogP contribution >= 0.6 is 15.9 Å². The highest BCUT2D eigenvalue weighted by Crippen LogP contribution is 2.28. The summed E-state index contributed by atoms with van der Waals surface area (Å²) in [6, 6.07) is 4.39. The maximum atomic E-state index is 13.2. The van der Waals surface area contributed by atoms with E-state index >= 15 is 0 Å². The minimum absolute atomic E-state index is 0.196. The van der Waals surface area contributed by atoms with Crippen LogP contribution in [0, 0.1) is 11.7 Å². The predicted molar refractivity (Wildman–Crippen MR) is 70.0 cm³/mol. The monoisotopic (exact) mass is 315 g/mol. The van der Waals surface area contributed by atoms with Crippen LogP contribution in [0.2, 0.25) is 0 Å². The molecule has 3 nitrogen and oxygen atoms in total. The average molecular weight is 316 g/mol. The van der Waals surface area contributed by atoms with Crippen molar-refractivity contribution in [1.29, 1.82) is 0 Å². The highest BCUT2D eigenvalue weighted by atomic mass is 79.9. The maximum Gasteiger partial charge on any atom is 0.252 e. The summed E-state index contributed by atoms with van der Waals surface area (Å²) in [5.74, 6) is -0.0119. The Balaban J connectivity index is 1.74. The molecule has 1 aliphatic carbocycles. The zero-order chi connectivity index (χ0) is 13.0. The number of rotatable bonds is 6. The molecule has 0 atom stereocenters. The number of nitrogens with one attached hydrogen (secondary N) is 1. The third-order valence-electron chi connectivity index (χ3n) is 2.78. The Morgan fingerprint density at radius 3 is 3.00 bits per heavy atom. The number of halogens is 2. The van der Waals surface area contributed by atoms with Crippen molar-refractivity contribution in [2.24, 2.45) is 5.92 Å². The molecule has 0 spiro atoms. The van der Waals surface area contributed by atoms with Gasteiger partial charge < -0.3 is 10.1 Å². The van der Waals surface area contributed by atoms with Gasteiger partial charge in [0.25, 0.3) is 5.91 Å². The van der Waals surface area contributed by atoms with Gasteiger partial charge in [-0.2, -0.15) is 0 Å². The molecule has 1 N–H and O–H groups in total. The molecule has 0 bridgehead atoms. The molecule has 1 saturated carbocycles. The van der Waals surface area contributed by atoms with Gasteiger partial charge >= 0.3 is 0 Å². The van der Waals surface area contributed by atoms with Gasteiger partial charge in [-0.1, -0.05) is 6.07 Å². The molecule has 98 valence electrons. The van der Waals surface area contributed by atoms with E-state index in [1.165, 1.54) is 25.0 Å². The molecule has 0 aliphatic heterocycles. The minimum Gasteiger partial charge on any atom is -0.379 e. The Bertz CT molecular complexity index is 435. The highest BCUT2D eigenvalue weighted by Gasteiger charge is 2.21. The first kappa shape index (κ1) is 13.5. The van der Waals surface area contributed by atoms with Crippen molar-refractivity contribution in [3.8, 4) is 0 Å². The van der Waals surface area contributed by atoms with Gasteiger partial charge in [0.05, 0.1) is 16.6 Å². The Hall–Kier alpha value is -0.940. The number of carbonyl (C=O) groups is 1. The zero-order valence-corrected chi connectivity index (χ0v) is 11.5. The van der Waals surface area contributed by atoms with Gasteiger partial charge in [-0.3, -0.25) is 4.79 Å². The van der Waals surface area contributed by atoms with Gasteiger partial charge in [0.15, 0.2) is 0 Å². The van der Waals surface area contributed by atoms with E-state index in [-0.39, 0.29) is 10.4 Å². The van der Waals surface area contributed by atoms with Crippen LogP contribution in [0.4, 0.5) is 4.39 Å². The summed E-state index contributed by atoms with van der Waals surface area (Å²) in [7, 11) is 0. The normalized spacial score (nSPS) is 14.6. The second kappa shape index (κ2) is 6.29.